The summed E-state index contributed by atoms with van der Waals surface area (Å²) in [4.78, 5) is 2.02. The SMILES string of the molecule is C=[N+]([O-])Cc1ccc(N(C)C)cc1. The van der Waals surface area contributed by atoms with E-state index < -0.39 is 0 Å². The topological polar surface area (TPSA) is 29.3 Å². The average Bonchev–Trinajstić information content (AvgIpc) is 2.04. The number of hydrogen-bond donors (Lipinski definition) is 0. The van der Waals surface area contributed by atoms with Crippen molar-refractivity contribution in [3.8, 4) is 0 Å². The third kappa shape index (κ3) is 2.78. The van der Waals surface area contributed by atoms with Gasteiger partial charge in [-0.1, -0.05) is 12.1 Å². The molecule has 0 spiro atoms. The Kier molecular flexibility index (Phi) is 2.90. The van der Waals surface area contributed by atoms with Crippen molar-refractivity contribution in [1.29, 1.82) is 0 Å². The molecular weight excluding hydrogens is 164 g/mol. The predicted octanol–water partition coefficient (Wildman–Crippen LogP) is 1.46. The first-order valence-corrected chi connectivity index (χ1v) is 4.11. The molecule has 0 bridgehead atoms. The lowest BCUT2D eigenvalue weighted by atomic mass is 10.2. The van der Waals surface area contributed by atoms with Crippen molar-refractivity contribution in [3.05, 3.63) is 35.0 Å². The van der Waals surface area contributed by atoms with Crippen LogP contribution in [-0.2, 0) is 6.54 Å². The van der Waals surface area contributed by atoms with Crippen molar-refractivity contribution in [2.45, 2.75) is 6.54 Å². The van der Waals surface area contributed by atoms with Crippen LogP contribution in [0.4, 0.5) is 5.69 Å². The number of nitrogens with zero attached hydrogens (tertiary/aromatic N) is 2. The highest BCUT2D eigenvalue weighted by molar-refractivity contribution is 5.45. The Morgan fingerprint density at radius 1 is 1.31 bits per heavy atom. The summed E-state index contributed by atoms with van der Waals surface area (Å²) < 4.78 is 0.671. The van der Waals surface area contributed by atoms with E-state index in [0.29, 0.717) is 11.3 Å². The van der Waals surface area contributed by atoms with Crippen molar-refractivity contribution in [2.75, 3.05) is 19.0 Å². The molecule has 0 aliphatic rings. The maximum absolute atomic E-state index is 10.6. The Labute approximate surface area is 78.5 Å². The third-order valence-corrected chi connectivity index (χ3v) is 1.81. The van der Waals surface area contributed by atoms with Crippen molar-refractivity contribution in [3.63, 3.8) is 0 Å². The molecule has 0 saturated heterocycles. The van der Waals surface area contributed by atoms with Gasteiger partial charge in [-0.3, -0.25) is 0 Å². The summed E-state index contributed by atoms with van der Waals surface area (Å²) in [6.45, 7) is 3.60. The summed E-state index contributed by atoms with van der Waals surface area (Å²) >= 11 is 0. The fraction of sp³-hybridized carbons (Fsp3) is 0.300. The lowest BCUT2D eigenvalue weighted by Crippen LogP contribution is -2.08. The number of hydroxylamine groups is 1. The van der Waals surface area contributed by atoms with Gasteiger partial charge in [0.15, 0.2) is 6.54 Å². The van der Waals surface area contributed by atoms with Gasteiger partial charge >= 0.3 is 0 Å². The van der Waals surface area contributed by atoms with E-state index in [1.807, 2.05) is 43.3 Å². The van der Waals surface area contributed by atoms with Crippen LogP contribution in [0.1, 0.15) is 5.56 Å². The number of rotatable bonds is 3. The summed E-state index contributed by atoms with van der Waals surface area (Å²) in [6.07, 6.45) is 0. The molecule has 0 unspecified atom stereocenters. The van der Waals surface area contributed by atoms with E-state index in [-0.39, 0.29) is 0 Å². The number of hydrogen-bond acceptors (Lipinski definition) is 2. The molecule has 0 aliphatic heterocycles. The molecule has 1 rings (SSSR count). The van der Waals surface area contributed by atoms with Crippen LogP contribution in [0.5, 0.6) is 0 Å². The maximum atomic E-state index is 10.6. The fourth-order valence-electron chi connectivity index (χ4n) is 1.10. The molecule has 0 fully saturated rings. The minimum Gasteiger partial charge on any atom is -0.624 e. The first kappa shape index (κ1) is 9.58. The highest BCUT2D eigenvalue weighted by Gasteiger charge is 1.97. The van der Waals surface area contributed by atoms with Gasteiger partial charge in [-0.15, -0.1) is 0 Å². The molecule has 1 aromatic rings. The molecule has 0 amide bonds. The lowest BCUT2D eigenvalue weighted by Gasteiger charge is -2.12. The van der Waals surface area contributed by atoms with Crippen molar-refractivity contribution in [2.24, 2.45) is 0 Å². The third-order valence-electron chi connectivity index (χ3n) is 1.81. The highest BCUT2D eigenvalue weighted by atomic mass is 16.5. The fourth-order valence-corrected chi connectivity index (χ4v) is 1.10. The molecular formula is C10H14N2O. The Bertz CT molecular complexity index is 290. The molecule has 0 aliphatic carbocycles. The van der Waals surface area contributed by atoms with Gasteiger partial charge in [0.1, 0.15) is 6.72 Å². The monoisotopic (exact) mass is 178 g/mol. The smallest absolute Gasteiger partial charge is 0.178 e. The quantitative estimate of drug-likeness (QED) is 0.303. The van der Waals surface area contributed by atoms with Crippen molar-refractivity contribution < 1.29 is 4.74 Å². The van der Waals surface area contributed by atoms with E-state index in [9.17, 15) is 5.21 Å². The Morgan fingerprint density at radius 2 is 1.85 bits per heavy atom. The Balaban J connectivity index is 2.75. The average molecular weight is 178 g/mol. The normalized spacial score (nSPS) is 9.69. The molecule has 0 N–H and O–H groups in total. The van der Waals surface area contributed by atoms with E-state index in [2.05, 4.69) is 6.72 Å². The zero-order chi connectivity index (χ0) is 9.84. The lowest BCUT2D eigenvalue weighted by molar-refractivity contribution is -0.465. The number of anilines is 1. The molecule has 0 heterocycles. The van der Waals surface area contributed by atoms with E-state index in [1.165, 1.54) is 0 Å². The van der Waals surface area contributed by atoms with Crippen LogP contribution in [0, 0.1) is 5.21 Å². The van der Waals surface area contributed by atoms with Crippen molar-refractivity contribution in [1.82, 2.24) is 0 Å². The van der Waals surface area contributed by atoms with Gasteiger partial charge in [0.25, 0.3) is 0 Å². The minimum absolute atomic E-state index is 0.341. The van der Waals surface area contributed by atoms with Gasteiger partial charge in [-0.2, -0.15) is 0 Å². The molecule has 0 atom stereocenters. The summed E-state index contributed by atoms with van der Waals surface area (Å²) in [7, 11) is 3.96. The highest BCUT2D eigenvalue weighted by Crippen LogP contribution is 2.12. The molecule has 3 nitrogen and oxygen atoms in total. The van der Waals surface area contributed by atoms with E-state index in [1.54, 1.807) is 0 Å². The second-order valence-electron chi connectivity index (χ2n) is 3.20. The molecule has 70 valence electrons. The zero-order valence-corrected chi connectivity index (χ0v) is 8.03. The van der Waals surface area contributed by atoms with E-state index in [4.69, 9.17) is 0 Å². The summed E-state index contributed by atoms with van der Waals surface area (Å²) in [5, 5.41) is 10.6. The first-order chi connectivity index (χ1) is 6.09. The van der Waals surface area contributed by atoms with Crippen LogP contribution in [-0.4, -0.2) is 25.6 Å². The van der Waals surface area contributed by atoms with Crippen LogP contribution in [0.3, 0.4) is 0 Å². The predicted molar refractivity (Wildman–Crippen MR) is 55.2 cm³/mol. The molecule has 1 aromatic carbocycles. The van der Waals surface area contributed by atoms with Gasteiger partial charge in [0, 0.05) is 25.3 Å². The summed E-state index contributed by atoms with van der Waals surface area (Å²) in [6, 6.07) is 7.84. The minimum atomic E-state index is 0.341. The van der Waals surface area contributed by atoms with Crippen LogP contribution in [0.15, 0.2) is 24.3 Å². The molecule has 3 heteroatoms. The maximum Gasteiger partial charge on any atom is 0.178 e. The van der Waals surface area contributed by atoms with E-state index in [0.717, 1.165) is 11.3 Å². The molecule has 0 aromatic heterocycles. The van der Waals surface area contributed by atoms with Crippen LogP contribution in [0.2, 0.25) is 0 Å². The molecule has 0 saturated carbocycles. The van der Waals surface area contributed by atoms with E-state index >= 15 is 0 Å². The van der Waals surface area contributed by atoms with Gasteiger partial charge in [0.2, 0.25) is 0 Å². The Hall–Kier alpha value is -1.51. The molecule has 0 radical (unpaired) electrons. The second kappa shape index (κ2) is 3.94. The largest absolute Gasteiger partial charge is 0.624 e. The number of benzene rings is 1. The molecule has 13 heavy (non-hydrogen) atoms. The zero-order valence-electron chi connectivity index (χ0n) is 8.03. The summed E-state index contributed by atoms with van der Waals surface area (Å²) in [5.41, 5.74) is 2.11. The van der Waals surface area contributed by atoms with Crippen molar-refractivity contribution >= 4 is 12.4 Å². The van der Waals surface area contributed by atoms with Crippen LogP contribution < -0.4 is 4.90 Å². The van der Waals surface area contributed by atoms with Gasteiger partial charge in [0.05, 0.1) is 0 Å². The van der Waals surface area contributed by atoms with Gasteiger partial charge in [-0.25, -0.2) is 4.74 Å². The first-order valence-electron chi connectivity index (χ1n) is 4.11. The van der Waals surface area contributed by atoms with Gasteiger partial charge in [-0.05, 0) is 12.1 Å². The van der Waals surface area contributed by atoms with Gasteiger partial charge < -0.3 is 10.1 Å². The van der Waals surface area contributed by atoms with Crippen LogP contribution in [0.25, 0.3) is 0 Å². The summed E-state index contributed by atoms with van der Waals surface area (Å²) in [5.74, 6) is 0. The second-order valence-corrected chi connectivity index (χ2v) is 3.20. The standard InChI is InChI=1S/C10H14N2O/c1-11(2)10-6-4-9(5-7-10)8-12(3)13/h4-7H,3,8H2,1-2H3. The Morgan fingerprint density at radius 3 is 2.23 bits per heavy atom. The van der Waals surface area contributed by atoms with Crippen LogP contribution >= 0.6 is 0 Å².